The van der Waals surface area contributed by atoms with Crippen LogP contribution in [-0.2, 0) is 0 Å². The number of rotatable bonds is 5. The van der Waals surface area contributed by atoms with Crippen LogP contribution in [0.25, 0.3) is 0 Å². The molecule has 0 bridgehead atoms. The van der Waals surface area contributed by atoms with Crippen molar-refractivity contribution in [3.63, 3.8) is 0 Å². The molecule has 0 fully saturated rings. The van der Waals surface area contributed by atoms with Gasteiger partial charge in [-0.3, -0.25) is 0 Å². The highest BCUT2D eigenvalue weighted by molar-refractivity contribution is 9.12. The predicted octanol–water partition coefficient (Wildman–Crippen LogP) is 2.83. The van der Waals surface area contributed by atoms with Crippen molar-refractivity contribution in [3.8, 4) is 28.0 Å². The van der Waals surface area contributed by atoms with E-state index < -0.39 is 0 Å². The molecule has 0 aromatic heterocycles. The van der Waals surface area contributed by atoms with Crippen LogP contribution in [0, 0.1) is 10.8 Å². The second kappa shape index (κ2) is 7.02. The van der Waals surface area contributed by atoms with Gasteiger partial charge in [-0.2, -0.15) is 0 Å². The number of hydrogen-bond acceptors (Lipinski definition) is 3. The van der Waals surface area contributed by atoms with E-state index in [0.717, 1.165) is 5.75 Å². The lowest BCUT2D eigenvalue weighted by Crippen LogP contribution is -1.97. The number of halogens is 1. The van der Waals surface area contributed by atoms with Gasteiger partial charge in [0.2, 0.25) is 0 Å². The SMILES string of the molecule is COc1ccc(OCCC#CBr)cc1OC. The molecule has 0 amide bonds. The maximum atomic E-state index is 5.49. The van der Waals surface area contributed by atoms with E-state index >= 15 is 0 Å². The second-order valence-corrected chi connectivity index (χ2v) is 3.28. The zero-order valence-corrected chi connectivity index (χ0v) is 10.8. The second-order valence-electron chi connectivity index (χ2n) is 2.89. The van der Waals surface area contributed by atoms with Gasteiger partial charge in [0.15, 0.2) is 11.5 Å². The van der Waals surface area contributed by atoms with Gasteiger partial charge in [0, 0.05) is 28.4 Å². The molecule has 0 spiro atoms. The van der Waals surface area contributed by atoms with E-state index in [2.05, 4.69) is 26.7 Å². The summed E-state index contributed by atoms with van der Waals surface area (Å²) < 4.78 is 15.8. The Morgan fingerprint density at radius 3 is 2.56 bits per heavy atom. The van der Waals surface area contributed by atoms with E-state index in [-0.39, 0.29) is 0 Å². The molecular weight excluding hydrogens is 272 g/mol. The Morgan fingerprint density at radius 1 is 1.19 bits per heavy atom. The fourth-order valence-corrected chi connectivity index (χ4v) is 1.37. The molecule has 0 atom stereocenters. The minimum Gasteiger partial charge on any atom is -0.493 e. The minimum atomic E-state index is 0.550. The maximum absolute atomic E-state index is 5.49. The summed E-state index contributed by atoms with van der Waals surface area (Å²) in [6, 6.07) is 5.44. The molecule has 16 heavy (non-hydrogen) atoms. The van der Waals surface area contributed by atoms with Crippen LogP contribution in [0.15, 0.2) is 18.2 Å². The average molecular weight is 285 g/mol. The summed E-state index contributed by atoms with van der Waals surface area (Å²) in [7, 11) is 3.20. The van der Waals surface area contributed by atoms with Gasteiger partial charge in [-0.15, -0.1) is 0 Å². The van der Waals surface area contributed by atoms with Gasteiger partial charge in [-0.05, 0) is 17.0 Å². The number of ether oxygens (including phenoxy) is 3. The molecule has 86 valence electrons. The van der Waals surface area contributed by atoms with Crippen molar-refractivity contribution in [1.29, 1.82) is 0 Å². The number of benzene rings is 1. The van der Waals surface area contributed by atoms with Crippen LogP contribution in [0.2, 0.25) is 0 Å². The third-order valence-electron chi connectivity index (χ3n) is 1.92. The first-order valence-electron chi connectivity index (χ1n) is 4.75. The van der Waals surface area contributed by atoms with Gasteiger partial charge in [-0.25, -0.2) is 0 Å². The molecule has 0 aliphatic rings. The summed E-state index contributed by atoms with van der Waals surface area (Å²) in [5, 5.41) is 0. The smallest absolute Gasteiger partial charge is 0.164 e. The molecule has 1 rings (SSSR count). The lowest BCUT2D eigenvalue weighted by atomic mass is 10.3. The van der Waals surface area contributed by atoms with Gasteiger partial charge in [-0.1, -0.05) is 5.92 Å². The standard InChI is InChI=1S/C12H13BrO3/c1-14-11-6-5-10(9-12(11)15-2)16-8-4-3-7-13/h5-6,9H,4,8H2,1-2H3. The third kappa shape index (κ3) is 3.67. The molecule has 0 aliphatic heterocycles. The average Bonchev–Trinajstić information content (AvgIpc) is 2.34. The van der Waals surface area contributed by atoms with Crippen molar-refractivity contribution in [2.24, 2.45) is 0 Å². The van der Waals surface area contributed by atoms with Crippen molar-refractivity contribution in [2.75, 3.05) is 20.8 Å². The normalized spacial score (nSPS) is 8.94. The van der Waals surface area contributed by atoms with Crippen LogP contribution in [0.1, 0.15) is 6.42 Å². The Balaban J connectivity index is 2.63. The zero-order valence-electron chi connectivity index (χ0n) is 9.25. The summed E-state index contributed by atoms with van der Waals surface area (Å²) in [5.41, 5.74) is 0. The van der Waals surface area contributed by atoms with Crippen molar-refractivity contribution in [3.05, 3.63) is 18.2 Å². The summed E-state index contributed by atoms with van der Waals surface area (Å²) in [6.45, 7) is 0.550. The van der Waals surface area contributed by atoms with Crippen molar-refractivity contribution >= 4 is 15.9 Å². The van der Waals surface area contributed by atoms with Crippen LogP contribution >= 0.6 is 15.9 Å². The summed E-state index contributed by atoms with van der Waals surface area (Å²) in [6.07, 6.45) is 0.680. The van der Waals surface area contributed by atoms with E-state index in [9.17, 15) is 0 Å². The van der Waals surface area contributed by atoms with Crippen LogP contribution in [0.3, 0.4) is 0 Å². The summed E-state index contributed by atoms with van der Waals surface area (Å²) >= 11 is 3.02. The lowest BCUT2D eigenvalue weighted by molar-refractivity contribution is 0.318. The Hall–Kier alpha value is -1.34. The van der Waals surface area contributed by atoms with E-state index in [1.165, 1.54) is 0 Å². The van der Waals surface area contributed by atoms with Crippen molar-refractivity contribution in [2.45, 2.75) is 6.42 Å². The fourth-order valence-electron chi connectivity index (χ4n) is 1.17. The monoisotopic (exact) mass is 284 g/mol. The van der Waals surface area contributed by atoms with E-state index in [0.29, 0.717) is 24.5 Å². The van der Waals surface area contributed by atoms with Crippen LogP contribution in [0.5, 0.6) is 17.2 Å². The van der Waals surface area contributed by atoms with Crippen molar-refractivity contribution < 1.29 is 14.2 Å². The van der Waals surface area contributed by atoms with E-state index in [4.69, 9.17) is 14.2 Å². The summed E-state index contributed by atoms with van der Waals surface area (Å²) in [4.78, 5) is 2.63. The highest BCUT2D eigenvalue weighted by Crippen LogP contribution is 2.30. The molecule has 0 radical (unpaired) electrons. The molecule has 3 nitrogen and oxygen atoms in total. The van der Waals surface area contributed by atoms with Gasteiger partial charge < -0.3 is 14.2 Å². The maximum Gasteiger partial charge on any atom is 0.164 e. The Bertz CT molecular complexity index is 393. The Labute approximate surface area is 104 Å². The first-order valence-corrected chi connectivity index (χ1v) is 5.54. The molecule has 0 heterocycles. The van der Waals surface area contributed by atoms with Crippen molar-refractivity contribution in [1.82, 2.24) is 0 Å². The Morgan fingerprint density at radius 2 is 1.94 bits per heavy atom. The highest BCUT2D eigenvalue weighted by atomic mass is 79.9. The molecule has 0 unspecified atom stereocenters. The first kappa shape index (κ1) is 12.7. The van der Waals surface area contributed by atoms with Gasteiger partial charge in [0.25, 0.3) is 0 Å². The minimum absolute atomic E-state index is 0.550. The molecular formula is C12H13BrO3. The molecule has 0 saturated heterocycles. The van der Waals surface area contributed by atoms with Crippen LogP contribution in [-0.4, -0.2) is 20.8 Å². The Kier molecular flexibility index (Phi) is 5.58. The third-order valence-corrected chi connectivity index (χ3v) is 2.20. The molecule has 1 aromatic carbocycles. The molecule has 0 aliphatic carbocycles. The predicted molar refractivity (Wildman–Crippen MR) is 66.4 cm³/mol. The van der Waals surface area contributed by atoms with Crippen LogP contribution in [0.4, 0.5) is 0 Å². The number of hydrogen-bond donors (Lipinski definition) is 0. The summed E-state index contributed by atoms with van der Waals surface area (Å²) in [5.74, 6) is 4.95. The molecule has 1 aromatic rings. The number of methoxy groups -OCH3 is 2. The fraction of sp³-hybridized carbons (Fsp3) is 0.333. The molecule has 0 saturated carbocycles. The first-order chi connectivity index (χ1) is 7.81. The van der Waals surface area contributed by atoms with Gasteiger partial charge in [0.05, 0.1) is 20.8 Å². The quantitative estimate of drug-likeness (QED) is 0.615. The topological polar surface area (TPSA) is 27.7 Å². The molecule has 0 N–H and O–H groups in total. The van der Waals surface area contributed by atoms with Crippen LogP contribution < -0.4 is 14.2 Å². The van der Waals surface area contributed by atoms with Gasteiger partial charge >= 0.3 is 0 Å². The molecule has 4 heteroatoms. The highest BCUT2D eigenvalue weighted by Gasteiger charge is 2.04. The van der Waals surface area contributed by atoms with E-state index in [1.54, 1.807) is 20.3 Å². The van der Waals surface area contributed by atoms with Gasteiger partial charge in [0.1, 0.15) is 5.75 Å². The zero-order chi connectivity index (χ0) is 11.8. The lowest BCUT2D eigenvalue weighted by Gasteiger charge is -2.09. The van der Waals surface area contributed by atoms with E-state index in [1.807, 2.05) is 12.1 Å². The largest absolute Gasteiger partial charge is 0.493 e.